The van der Waals surface area contributed by atoms with E-state index in [0.29, 0.717) is 13.0 Å². The predicted molar refractivity (Wildman–Crippen MR) is 162 cm³/mol. The Hall–Kier alpha value is -1.80. The first-order valence-electron chi connectivity index (χ1n) is 14.9. The summed E-state index contributed by atoms with van der Waals surface area (Å²) < 4.78 is 4.87. The zero-order chi connectivity index (χ0) is 30.2. The molecule has 8 atom stereocenters. The minimum absolute atomic E-state index is 0.0228. The molecule has 1 N–H and O–H groups in total. The second kappa shape index (κ2) is 12.2. The summed E-state index contributed by atoms with van der Waals surface area (Å²) in [4.78, 5) is 46.6. The number of nitrogens with zero attached hydrogens (tertiary/aromatic N) is 2. The number of carbonyl (C=O) groups is 3. The molecule has 226 valence electrons. The number of likely N-dealkylation sites (tertiary alicyclic amines) is 1. The molecule has 0 saturated carbocycles. The average molecular weight is 577 g/mol. The molecule has 0 radical (unpaired) electrons. The van der Waals surface area contributed by atoms with Crippen molar-refractivity contribution in [3.8, 4) is 0 Å². The highest BCUT2D eigenvalue weighted by molar-refractivity contribution is 8.02. The van der Waals surface area contributed by atoms with Gasteiger partial charge in [0.15, 0.2) is 0 Å². The van der Waals surface area contributed by atoms with Gasteiger partial charge in [-0.05, 0) is 50.4 Å². The van der Waals surface area contributed by atoms with Crippen molar-refractivity contribution in [3.05, 3.63) is 25.3 Å². The molecule has 3 rings (SSSR count). The highest BCUT2D eigenvalue weighted by Gasteiger charge is 2.77. The second-order valence-corrected chi connectivity index (χ2v) is 15.5. The van der Waals surface area contributed by atoms with Crippen LogP contribution in [0.1, 0.15) is 81.1 Å². The van der Waals surface area contributed by atoms with Gasteiger partial charge in [0, 0.05) is 17.3 Å². The number of aliphatic hydroxyl groups is 1. The molecule has 0 aromatic carbocycles. The maximum Gasteiger partial charge on any atom is 0.310 e. The first kappa shape index (κ1) is 32.7. The molecule has 0 aromatic heterocycles. The SMILES string of the molecule is C=CCCOC(=O)[C@@H]1[C@H]2C(=O)N([C@@H](CO)[C@@H](C)CC)C(C(=O)N(CC=C)C(C)(C)CC(C)(C)C)C23S[C@@H]1CC3C. The summed E-state index contributed by atoms with van der Waals surface area (Å²) in [6, 6.07) is -1.31. The number of fused-ring (bicyclic) bond motifs is 1. The second-order valence-electron chi connectivity index (χ2n) is 14.0. The molecule has 3 aliphatic rings. The Morgan fingerprint density at radius 2 is 1.90 bits per heavy atom. The number of hydrogen-bond acceptors (Lipinski definition) is 6. The van der Waals surface area contributed by atoms with Crippen LogP contribution in [0.2, 0.25) is 0 Å². The largest absolute Gasteiger partial charge is 0.465 e. The van der Waals surface area contributed by atoms with E-state index in [1.807, 2.05) is 18.7 Å². The van der Waals surface area contributed by atoms with E-state index in [1.54, 1.807) is 28.8 Å². The van der Waals surface area contributed by atoms with Crippen LogP contribution in [0.25, 0.3) is 0 Å². The lowest BCUT2D eigenvalue weighted by atomic mass is 9.66. The predicted octanol–water partition coefficient (Wildman–Crippen LogP) is 5.08. The van der Waals surface area contributed by atoms with Gasteiger partial charge < -0.3 is 19.6 Å². The molecule has 3 unspecified atom stereocenters. The summed E-state index contributed by atoms with van der Waals surface area (Å²) in [6.07, 6.45) is 6.25. The quantitative estimate of drug-likeness (QED) is 0.187. The van der Waals surface area contributed by atoms with Crippen molar-refractivity contribution < 1.29 is 24.2 Å². The molecule has 0 aromatic rings. The first-order valence-corrected chi connectivity index (χ1v) is 15.8. The Morgan fingerprint density at radius 1 is 1.25 bits per heavy atom. The van der Waals surface area contributed by atoms with Crippen LogP contribution < -0.4 is 0 Å². The third kappa shape index (κ3) is 5.64. The van der Waals surface area contributed by atoms with Crippen molar-refractivity contribution >= 4 is 29.5 Å². The van der Waals surface area contributed by atoms with Crippen molar-refractivity contribution in [1.82, 2.24) is 9.80 Å². The highest BCUT2D eigenvalue weighted by atomic mass is 32.2. The number of rotatable bonds is 13. The molecule has 3 fully saturated rings. The van der Waals surface area contributed by atoms with Gasteiger partial charge in [-0.3, -0.25) is 14.4 Å². The van der Waals surface area contributed by atoms with Gasteiger partial charge in [-0.15, -0.1) is 24.9 Å². The topological polar surface area (TPSA) is 87.1 Å². The molecule has 1 spiro atoms. The van der Waals surface area contributed by atoms with E-state index < -0.39 is 34.2 Å². The zero-order valence-electron chi connectivity index (χ0n) is 25.9. The number of amides is 2. The number of ether oxygens (including phenoxy) is 1. The van der Waals surface area contributed by atoms with Gasteiger partial charge >= 0.3 is 5.97 Å². The Labute approximate surface area is 246 Å². The fourth-order valence-corrected chi connectivity index (χ4v) is 10.2. The summed E-state index contributed by atoms with van der Waals surface area (Å²) in [5.41, 5.74) is -0.542. The number of carbonyl (C=O) groups excluding carboxylic acids is 3. The Morgan fingerprint density at radius 3 is 2.42 bits per heavy atom. The van der Waals surface area contributed by atoms with E-state index in [4.69, 9.17) is 4.74 Å². The van der Waals surface area contributed by atoms with Crippen molar-refractivity contribution in [2.24, 2.45) is 29.1 Å². The lowest BCUT2D eigenvalue weighted by Crippen LogP contribution is -2.63. The lowest BCUT2D eigenvalue weighted by Gasteiger charge is -2.48. The molecule has 40 heavy (non-hydrogen) atoms. The summed E-state index contributed by atoms with van der Waals surface area (Å²) in [6.45, 7) is 24.8. The van der Waals surface area contributed by atoms with E-state index in [9.17, 15) is 19.5 Å². The van der Waals surface area contributed by atoms with Gasteiger partial charge in [0.1, 0.15) is 6.04 Å². The molecule has 2 bridgehead atoms. The standard InChI is InChI=1S/C32H52N2O5S/c1-11-14-16-39-29(38)24-23-17-21(5)32(40-23)25(24)27(36)34(22(18-35)20(4)13-3)26(32)28(37)33(15-12-2)31(9,10)19-30(6,7)8/h11-12,20-26,35H,1-2,13-19H2,3-10H3/t20-,21?,22-,23+,24-,25-,26?,32?/m0/s1. The van der Waals surface area contributed by atoms with Crippen LogP contribution in [0.3, 0.4) is 0 Å². The van der Waals surface area contributed by atoms with Gasteiger partial charge in [0.25, 0.3) is 0 Å². The number of esters is 1. The summed E-state index contributed by atoms with van der Waals surface area (Å²) in [7, 11) is 0. The molecule has 8 heteroatoms. The molecule has 3 heterocycles. The average Bonchev–Trinajstić information content (AvgIpc) is 3.45. The van der Waals surface area contributed by atoms with Crippen molar-refractivity contribution in [2.75, 3.05) is 19.8 Å². The lowest BCUT2D eigenvalue weighted by molar-refractivity contribution is -0.155. The fraction of sp³-hybridized carbons (Fsp3) is 0.781. The maximum atomic E-state index is 15.0. The van der Waals surface area contributed by atoms with Crippen molar-refractivity contribution in [3.63, 3.8) is 0 Å². The summed E-state index contributed by atoms with van der Waals surface area (Å²) in [5.74, 6) is -1.92. The van der Waals surface area contributed by atoms with E-state index in [-0.39, 0.29) is 53.5 Å². The van der Waals surface area contributed by atoms with Crippen LogP contribution in [0.15, 0.2) is 25.3 Å². The minimum atomic E-state index is -0.786. The van der Waals surface area contributed by atoms with Gasteiger partial charge in [0.05, 0.1) is 35.8 Å². The molecule has 0 aliphatic carbocycles. The van der Waals surface area contributed by atoms with E-state index in [0.717, 1.165) is 19.3 Å². The molecular weight excluding hydrogens is 524 g/mol. The molecular formula is C32H52N2O5S. The first-order chi connectivity index (χ1) is 18.6. The highest BCUT2D eigenvalue weighted by Crippen LogP contribution is 2.69. The van der Waals surface area contributed by atoms with E-state index in [2.05, 4.69) is 54.7 Å². The smallest absolute Gasteiger partial charge is 0.310 e. The zero-order valence-corrected chi connectivity index (χ0v) is 26.8. The van der Waals surface area contributed by atoms with Crippen molar-refractivity contribution in [1.29, 1.82) is 0 Å². The van der Waals surface area contributed by atoms with Gasteiger partial charge in [0.2, 0.25) is 11.8 Å². The van der Waals surface area contributed by atoms with Gasteiger partial charge in [-0.25, -0.2) is 0 Å². The fourth-order valence-electron chi connectivity index (χ4n) is 7.82. The monoisotopic (exact) mass is 576 g/mol. The Kier molecular flexibility index (Phi) is 9.98. The normalized spacial score (nSPS) is 31.1. The number of hydrogen-bond donors (Lipinski definition) is 1. The maximum absolute atomic E-state index is 15.0. The number of thioether (sulfide) groups is 1. The van der Waals surface area contributed by atoms with E-state index in [1.165, 1.54) is 0 Å². The van der Waals surface area contributed by atoms with Crippen LogP contribution in [0, 0.1) is 29.1 Å². The Balaban J connectivity index is 2.17. The number of aliphatic hydroxyl groups excluding tert-OH is 1. The van der Waals surface area contributed by atoms with Crippen LogP contribution in [-0.2, 0) is 19.1 Å². The Bertz CT molecular complexity index is 990. The minimum Gasteiger partial charge on any atom is -0.465 e. The van der Waals surface area contributed by atoms with Crippen LogP contribution >= 0.6 is 11.8 Å². The molecule has 7 nitrogen and oxygen atoms in total. The third-order valence-electron chi connectivity index (χ3n) is 9.37. The van der Waals surface area contributed by atoms with Crippen molar-refractivity contribution in [2.45, 2.75) is 109 Å². The van der Waals surface area contributed by atoms with E-state index >= 15 is 0 Å². The summed E-state index contributed by atoms with van der Waals surface area (Å²) >= 11 is 1.65. The van der Waals surface area contributed by atoms with Crippen LogP contribution in [0.4, 0.5) is 0 Å². The van der Waals surface area contributed by atoms with Crippen LogP contribution in [-0.4, -0.2) is 80.1 Å². The molecule has 3 aliphatic heterocycles. The van der Waals surface area contributed by atoms with Gasteiger partial charge in [-0.2, -0.15) is 0 Å². The molecule has 2 amide bonds. The van der Waals surface area contributed by atoms with Crippen LogP contribution in [0.5, 0.6) is 0 Å². The molecule has 3 saturated heterocycles. The summed E-state index contributed by atoms with van der Waals surface area (Å²) in [5, 5.41) is 10.6. The van der Waals surface area contributed by atoms with Gasteiger partial charge in [-0.1, -0.05) is 60.1 Å². The third-order valence-corrected chi connectivity index (χ3v) is 11.4.